The number of piperidine rings is 1. The van der Waals surface area contributed by atoms with E-state index in [-0.39, 0.29) is 5.54 Å². The second kappa shape index (κ2) is 6.12. The molecule has 25 heavy (non-hydrogen) atoms. The number of nitrogens with zero attached hydrogens (tertiary/aromatic N) is 4. The van der Waals surface area contributed by atoms with Gasteiger partial charge >= 0.3 is 0 Å². The topological polar surface area (TPSA) is 83.7 Å². The van der Waals surface area contributed by atoms with Crippen LogP contribution in [0.1, 0.15) is 19.8 Å². The molecule has 1 aliphatic rings. The molecule has 4 rings (SSSR count). The van der Waals surface area contributed by atoms with Gasteiger partial charge in [0.25, 0.3) is 0 Å². The van der Waals surface area contributed by atoms with Crippen molar-refractivity contribution < 1.29 is 0 Å². The third-order valence-electron chi connectivity index (χ3n) is 4.68. The Morgan fingerprint density at radius 1 is 1.20 bits per heavy atom. The minimum atomic E-state index is -0.0942. The first-order valence-corrected chi connectivity index (χ1v) is 8.89. The number of halogens is 2. The van der Waals surface area contributed by atoms with Gasteiger partial charge in [-0.25, -0.2) is 9.97 Å². The average Bonchev–Trinajstić information content (AvgIpc) is 3.00. The Balaban J connectivity index is 1.66. The molecule has 0 aliphatic carbocycles. The van der Waals surface area contributed by atoms with Gasteiger partial charge in [0.2, 0.25) is 0 Å². The maximum absolute atomic E-state index is 6.20. The van der Waals surface area contributed by atoms with Crippen molar-refractivity contribution in [2.75, 3.05) is 18.0 Å². The number of aromatic amines is 1. The summed E-state index contributed by atoms with van der Waals surface area (Å²) in [5.74, 6) is 0.840. The summed E-state index contributed by atoms with van der Waals surface area (Å²) < 4.78 is 0. The molecule has 6 nitrogen and oxygen atoms in total. The molecule has 8 heteroatoms. The van der Waals surface area contributed by atoms with Gasteiger partial charge in [-0.3, -0.25) is 5.10 Å². The molecule has 1 aliphatic heterocycles. The number of hydrogen-bond donors (Lipinski definition) is 2. The van der Waals surface area contributed by atoms with Crippen molar-refractivity contribution in [3.05, 3.63) is 34.4 Å². The first-order valence-electron chi connectivity index (χ1n) is 8.13. The first-order chi connectivity index (χ1) is 11.9. The largest absolute Gasteiger partial charge is 0.355 e. The van der Waals surface area contributed by atoms with E-state index in [1.807, 2.05) is 6.07 Å². The van der Waals surface area contributed by atoms with E-state index in [1.165, 1.54) is 0 Å². The minimum Gasteiger partial charge on any atom is -0.355 e. The van der Waals surface area contributed by atoms with Crippen LogP contribution in [0.2, 0.25) is 10.0 Å². The van der Waals surface area contributed by atoms with E-state index in [0.29, 0.717) is 26.9 Å². The van der Waals surface area contributed by atoms with Crippen molar-refractivity contribution in [2.45, 2.75) is 25.3 Å². The van der Waals surface area contributed by atoms with Crippen LogP contribution < -0.4 is 10.6 Å². The van der Waals surface area contributed by atoms with Crippen molar-refractivity contribution in [2.24, 2.45) is 5.73 Å². The van der Waals surface area contributed by atoms with Crippen LogP contribution in [0.15, 0.2) is 24.4 Å². The summed E-state index contributed by atoms with van der Waals surface area (Å²) in [7, 11) is 0. The molecule has 2 aromatic heterocycles. The first kappa shape index (κ1) is 16.6. The molecule has 3 aromatic rings. The van der Waals surface area contributed by atoms with Crippen LogP contribution >= 0.6 is 23.2 Å². The second-order valence-electron chi connectivity index (χ2n) is 6.77. The van der Waals surface area contributed by atoms with E-state index in [0.717, 1.165) is 37.3 Å². The Morgan fingerprint density at radius 3 is 2.68 bits per heavy atom. The summed E-state index contributed by atoms with van der Waals surface area (Å²) in [5, 5.41) is 8.31. The van der Waals surface area contributed by atoms with Gasteiger partial charge in [-0.15, -0.1) is 0 Å². The minimum absolute atomic E-state index is 0.0942. The van der Waals surface area contributed by atoms with E-state index in [1.54, 1.807) is 18.3 Å². The number of nitrogens with two attached hydrogens (primary N) is 1. The Bertz CT molecular complexity index is 926. The van der Waals surface area contributed by atoms with Crippen LogP contribution in [-0.4, -0.2) is 38.8 Å². The zero-order valence-electron chi connectivity index (χ0n) is 13.8. The zero-order chi connectivity index (χ0) is 17.6. The molecule has 1 fully saturated rings. The molecule has 0 saturated carbocycles. The Morgan fingerprint density at radius 2 is 1.96 bits per heavy atom. The number of hydrogen-bond acceptors (Lipinski definition) is 5. The van der Waals surface area contributed by atoms with E-state index in [2.05, 4.69) is 32.0 Å². The standard InChI is InChI=1S/C17H18Cl2N6/c1-17(20)4-6-25(7-5-17)13-9-21-15-14(23-24-16(15)22-13)10-2-3-11(18)12(19)8-10/h2-3,8-9H,4-7,20H2,1H3,(H,22,23,24). The van der Waals surface area contributed by atoms with Crippen molar-refractivity contribution >= 4 is 40.2 Å². The van der Waals surface area contributed by atoms with Gasteiger partial charge in [-0.05, 0) is 31.9 Å². The van der Waals surface area contributed by atoms with Gasteiger partial charge in [0.15, 0.2) is 5.65 Å². The molecule has 0 bridgehead atoms. The summed E-state index contributed by atoms with van der Waals surface area (Å²) in [6.45, 7) is 3.85. The molecule has 0 spiro atoms. The summed E-state index contributed by atoms with van der Waals surface area (Å²) in [4.78, 5) is 11.5. The van der Waals surface area contributed by atoms with E-state index < -0.39 is 0 Å². The smallest absolute Gasteiger partial charge is 0.177 e. The van der Waals surface area contributed by atoms with Gasteiger partial charge in [0.05, 0.1) is 16.2 Å². The lowest BCUT2D eigenvalue weighted by Gasteiger charge is -2.37. The lowest BCUT2D eigenvalue weighted by molar-refractivity contribution is 0.363. The highest BCUT2D eigenvalue weighted by molar-refractivity contribution is 6.42. The Hall–Kier alpha value is -1.89. The van der Waals surface area contributed by atoms with E-state index >= 15 is 0 Å². The third kappa shape index (κ3) is 3.17. The molecule has 1 saturated heterocycles. The van der Waals surface area contributed by atoms with Crippen molar-refractivity contribution in [1.29, 1.82) is 0 Å². The normalized spacial score (nSPS) is 17.2. The third-order valence-corrected chi connectivity index (χ3v) is 5.42. The lowest BCUT2D eigenvalue weighted by Crippen LogP contribution is -2.48. The summed E-state index contributed by atoms with van der Waals surface area (Å²) in [5.41, 5.74) is 9.03. The summed E-state index contributed by atoms with van der Waals surface area (Å²) in [6, 6.07) is 5.40. The number of aromatic nitrogens is 4. The van der Waals surface area contributed by atoms with Gasteiger partial charge < -0.3 is 10.6 Å². The molecule has 0 amide bonds. The number of anilines is 1. The molecule has 130 valence electrons. The summed E-state index contributed by atoms with van der Waals surface area (Å²) >= 11 is 12.1. The molecular formula is C17H18Cl2N6. The predicted molar refractivity (Wildman–Crippen MR) is 101 cm³/mol. The van der Waals surface area contributed by atoms with Gasteiger partial charge in [-0.2, -0.15) is 5.10 Å². The molecule has 3 heterocycles. The monoisotopic (exact) mass is 376 g/mol. The van der Waals surface area contributed by atoms with Crippen LogP contribution in [-0.2, 0) is 0 Å². The highest BCUT2D eigenvalue weighted by atomic mass is 35.5. The maximum atomic E-state index is 6.20. The SMILES string of the molecule is CC1(N)CCN(c2cnc3c(-c4ccc(Cl)c(Cl)c4)n[nH]c3n2)CC1. The predicted octanol–water partition coefficient (Wildman–Crippen LogP) is 3.64. The summed E-state index contributed by atoms with van der Waals surface area (Å²) in [6.07, 6.45) is 3.66. The van der Waals surface area contributed by atoms with Gasteiger partial charge in [0.1, 0.15) is 17.0 Å². The second-order valence-corrected chi connectivity index (χ2v) is 7.58. The molecule has 0 radical (unpaired) electrons. The van der Waals surface area contributed by atoms with Crippen LogP contribution in [0.4, 0.5) is 5.82 Å². The average molecular weight is 377 g/mol. The van der Waals surface area contributed by atoms with Crippen LogP contribution in [0.25, 0.3) is 22.4 Å². The highest BCUT2D eigenvalue weighted by Gasteiger charge is 2.27. The molecule has 0 atom stereocenters. The lowest BCUT2D eigenvalue weighted by atomic mass is 9.91. The fraction of sp³-hybridized carbons (Fsp3) is 0.353. The fourth-order valence-electron chi connectivity index (χ4n) is 3.04. The van der Waals surface area contributed by atoms with Crippen molar-refractivity contribution in [1.82, 2.24) is 20.2 Å². The van der Waals surface area contributed by atoms with Crippen molar-refractivity contribution in [3.63, 3.8) is 0 Å². The molecule has 1 aromatic carbocycles. The van der Waals surface area contributed by atoms with E-state index in [4.69, 9.17) is 28.9 Å². The zero-order valence-corrected chi connectivity index (χ0v) is 15.3. The van der Waals surface area contributed by atoms with Gasteiger partial charge in [-0.1, -0.05) is 29.3 Å². The van der Waals surface area contributed by atoms with Crippen LogP contribution in [0, 0.1) is 0 Å². The Labute approximate surface area is 155 Å². The van der Waals surface area contributed by atoms with Crippen LogP contribution in [0.5, 0.6) is 0 Å². The highest BCUT2D eigenvalue weighted by Crippen LogP contribution is 2.31. The quantitative estimate of drug-likeness (QED) is 0.712. The maximum Gasteiger partial charge on any atom is 0.177 e. The van der Waals surface area contributed by atoms with Crippen molar-refractivity contribution in [3.8, 4) is 11.3 Å². The Kier molecular flexibility index (Phi) is 4.06. The fourth-order valence-corrected chi connectivity index (χ4v) is 3.33. The molecule has 3 N–H and O–H groups in total. The number of H-pyrrole nitrogens is 1. The van der Waals surface area contributed by atoms with Crippen LogP contribution in [0.3, 0.4) is 0 Å². The number of nitrogens with one attached hydrogen (secondary N) is 1. The number of benzene rings is 1. The molecular weight excluding hydrogens is 359 g/mol. The molecule has 0 unspecified atom stereocenters. The van der Waals surface area contributed by atoms with Gasteiger partial charge in [0, 0.05) is 24.2 Å². The van der Waals surface area contributed by atoms with E-state index in [9.17, 15) is 0 Å². The number of fused-ring (bicyclic) bond motifs is 1. The number of rotatable bonds is 2.